The number of aromatic nitrogens is 2. The van der Waals surface area contributed by atoms with Gasteiger partial charge in [0.1, 0.15) is 5.82 Å². The van der Waals surface area contributed by atoms with Crippen LogP contribution in [0.25, 0.3) is 0 Å². The molecule has 6 heteroatoms. The first-order valence-electron chi connectivity index (χ1n) is 4.88. The summed E-state index contributed by atoms with van der Waals surface area (Å²) in [5.74, 6) is -0.212. The van der Waals surface area contributed by atoms with Crippen LogP contribution in [0.2, 0.25) is 0 Å². The van der Waals surface area contributed by atoms with E-state index in [4.69, 9.17) is 5.11 Å². The zero-order chi connectivity index (χ0) is 12.4. The molecular formula is C11H10N2O2S2. The third-order valence-corrected chi connectivity index (χ3v) is 3.97. The summed E-state index contributed by atoms with van der Waals surface area (Å²) in [5.41, 5.74) is 1.33. The predicted molar refractivity (Wildman–Crippen MR) is 66.9 cm³/mol. The molecule has 1 N–H and O–H groups in total. The maximum Gasteiger partial charge on any atom is 0.336 e. The Morgan fingerprint density at radius 2 is 2.18 bits per heavy atom. The number of aryl methyl sites for hydroxylation is 2. The lowest BCUT2D eigenvalue weighted by Gasteiger charge is -2.04. The molecule has 0 saturated carbocycles. The number of carboxylic acid groups (broad SMARTS) is 1. The van der Waals surface area contributed by atoms with Gasteiger partial charge in [-0.2, -0.15) is 4.37 Å². The topological polar surface area (TPSA) is 63.1 Å². The molecule has 4 nitrogen and oxygen atoms in total. The number of aromatic carboxylic acids is 1. The highest BCUT2D eigenvalue weighted by molar-refractivity contribution is 8.01. The van der Waals surface area contributed by atoms with Gasteiger partial charge in [0, 0.05) is 4.90 Å². The van der Waals surface area contributed by atoms with E-state index in [1.807, 2.05) is 19.9 Å². The summed E-state index contributed by atoms with van der Waals surface area (Å²) < 4.78 is 4.83. The van der Waals surface area contributed by atoms with Crippen LogP contribution in [0.3, 0.4) is 0 Å². The van der Waals surface area contributed by atoms with Crippen LogP contribution in [-0.4, -0.2) is 20.4 Å². The van der Waals surface area contributed by atoms with E-state index < -0.39 is 5.97 Å². The van der Waals surface area contributed by atoms with Gasteiger partial charge >= 0.3 is 5.97 Å². The first kappa shape index (κ1) is 12.1. The van der Waals surface area contributed by atoms with Gasteiger partial charge in [-0.05, 0) is 43.1 Å². The Kier molecular flexibility index (Phi) is 3.44. The summed E-state index contributed by atoms with van der Waals surface area (Å²) in [4.78, 5) is 16.0. The molecule has 88 valence electrons. The van der Waals surface area contributed by atoms with Crippen molar-refractivity contribution in [2.24, 2.45) is 0 Å². The van der Waals surface area contributed by atoms with Crippen LogP contribution in [0.4, 0.5) is 0 Å². The Balaban J connectivity index is 2.37. The fourth-order valence-electron chi connectivity index (χ4n) is 1.30. The van der Waals surface area contributed by atoms with E-state index in [-0.39, 0.29) is 0 Å². The molecule has 0 radical (unpaired) electrons. The van der Waals surface area contributed by atoms with Crippen molar-refractivity contribution < 1.29 is 9.90 Å². The van der Waals surface area contributed by atoms with Gasteiger partial charge in [0.05, 0.1) is 5.56 Å². The summed E-state index contributed by atoms with van der Waals surface area (Å²) in [6, 6.07) is 5.26. The van der Waals surface area contributed by atoms with Crippen molar-refractivity contribution >= 4 is 29.3 Å². The molecule has 0 spiro atoms. The van der Waals surface area contributed by atoms with Gasteiger partial charge in [0.15, 0.2) is 4.34 Å². The second-order valence-corrected chi connectivity index (χ2v) is 5.56. The molecule has 0 saturated heterocycles. The van der Waals surface area contributed by atoms with Crippen LogP contribution in [-0.2, 0) is 0 Å². The number of benzene rings is 1. The molecule has 17 heavy (non-hydrogen) atoms. The normalized spacial score (nSPS) is 10.5. The van der Waals surface area contributed by atoms with Crippen LogP contribution >= 0.6 is 23.3 Å². The van der Waals surface area contributed by atoms with Gasteiger partial charge in [-0.15, -0.1) is 0 Å². The predicted octanol–water partition coefficient (Wildman–Crippen LogP) is 3.00. The second-order valence-electron chi connectivity index (χ2n) is 3.51. The van der Waals surface area contributed by atoms with Crippen molar-refractivity contribution in [2.75, 3.05) is 0 Å². The van der Waals surface area contributed by atoms with Gasteiger partial charge in [-0.1, -0.05) is 17.8 Å². The maximum absolute atomic E-state index is 11.1. The number of carboxylic acids is 1. The highest BCUT2D eigenvalue weighted by Crippen LogP contribution is 2.32. The zero-order valence-corrected chi connectivity index (χ0v) is 10.9. The molecule has 2 rings (SSSR count). The van der Waals surface area contributed by atoms with E-state index in [2.05, 4.69) is 9.36 Å². The SMILES string of the molecule is Cc1ccc(C(=O)O)c(Sc2nc(C)ns2)c1. The maximum atomic E-state index is 11.1. The lowest BCUT2D eigenvalue weighted by molar-refractivity contribution is 0.0693. The molecule has 0 amide bonds. The lowest BCUT2D eigenvalue weighted by Crippen LogP contribution is -1.98. The Bertz CT molecular complexity index is 566. The molecule has 0 aliphatic rings. The van der Waals surface area contributed by atoms with E-state index in [1.54, 1.807) is 12.1 Å². The molecule has 0 unspecified atom stereocenters. The van der Waals surface area contributed by atoms with Gasteiger partial charge in [-0.25, -0.2) is 9.78 Å². The number of carbonyl (C=O) groups is 1. The quantitative estimate of drug-likeness (QED) is 0.925. The van der Waals surface area contributed by atoms with Gasteiger partial charge in [0.25, 0.3) is 0 Å². The largest absolute Gasteiger partial charge is 0.478 e. The summed E-state index contributed by atoms with van der Waals surface area (Å²) in [7, 11) is 0. The highest BCUT2D eigenvalue weighted by Gasteiger charge is 2.13. The molecule has 0 fully saturated rings. The molecule has 0 aliphatic carbocycles. The Morgan fingerprint density at radius 3 is 2.76 bits per heavy atom. The molecule has 1 aromatic heterocycles. The molecule has 1 heterocycles. The highest BCUT2D eigenvalue weighted by atomic mass is 32.2. The van der Waals surface area contributed by atoms with E-state index >= 15 is 0 Å². The fraction of sp³-hybridized carbons (Fsp3) is 0.182. The zero-order valence-electron chi connectivity index (χ0n) is 9.30. The number of nitrogens with zero attached hydrogens (tertiary/aromatic N) is 2. The number of hydrogen-bond donors (Lipinski definition) is 1. The van der Waals surface area contributed by atoms with E-state index in [9.17, 15) is 4.79 Å². The van der Waals surface area contributed by atoms with E-state index in [0.717, 1.165) is 9.90 Å². The summed E-state index contributed by atoms with van der Waals surface area (Å²) in [5, 5.41) is 9.09. The molecule has 0 aliphatic heterocycles. The first-order chi connectivity index (χ1) is 8.06. The van der Waals surface area contributed by atoms with Crippen molar-refractivity contribution in [3.63, 3.8) is 0 Å². The minimum Gasteiger partial charge on any atom is -0.478 e. The average molecular weight is 266 g/mol. The first-order valence-corrected chi connectivity index (χ1v) is 6.47. The van der Waals surface area contributed by atoms with Crippen LogP contribution in [0, 0.1) is 13.8 Å². The van der Waals surface area contributed by atoms with E-state index in [1.165, 1.54) is 23.3 Å². The Hall–Kier alpha value is -1.40. The average Bonchev–Trinajstić information content (AvgIpc) is 2.63. The van der Waals surface area contributed by atoms with Crippen molar-refractivity contribution in [3.8, 4) is 0 Å². The molecule has 2 aromatic rings. The summed E-state index contributed by atoms with van der Waals surface area (Å²) >= 11 is 2.62. The summed E-state index contributed by atoms with van der Waals surface area (Å²) in [6.07, 6.45) is 0. The van der Waals surface area contributed by atoms with Crippen molar-refractivity contribution in [1.82, 2.24) is 9.36 Å². The lowest BCUT2D eigenvalue weighted by atomic mass is 10.1. The van der Waals surface area contributed by atoms with Crippen LogP contribution in [0.5, 0.6) is 0 Å². The van der Waals surface area contributed by atoms with Crippen LogP contribution in [0.15, 0.2) is 27.4 Å². The molecular weight excluding hydrogens is 256 g/mol. The van der Waals surface area contributed by atoms with E-state index in [0.29, 0.717) is 16.3 Å². The minimum atomic E-state index is -0.922. The monoisotopic (exact) mass is 266 g/mol. The van der Waals surface area contributed by atoms with Crippen molar-refractivity contribution in [1.29, 1.82) is 0 Å². The van der Waals surface area contributed by atoms with Gasteiger partial charge < -0.3 is 5.11 Å². The van der Waals surface area contributed by atoms with Crippen molar-refractivity contribution in [2.45, 2.75) is 23.1 Å². The third kappa shape index (κ3) is 2.83. The Labute approximate surface area is 107 Å². The van der Waals surface area contributed by atoms with Gasteiger partial charge in [-0.3, -0.25) is 0 Å². The minimum absolute atomic E-state index is 0.299. The van der Waals surface area contributed by atoms with Crippen molar-refractivity contribution in [3.05, 3.63) is 35.2 Å². The molecule has 0 atom stereocenters. The number of rotatable bonds is 3. The second kappa shape index (κ2) is 4.85. The smallest absolute Gasteiger partial charge is 0.336 e. The Morgan fingerprint density at radius 1 is 1.41 bits per heavy atom. The summed E-state index contributed by atoms with van der Waals surface area (Å²) in [6.45, 7) is 3.75. The van der Waals surface area contributed by atoms with Crippen LogP contribution < -0.4 is 0 Å². The molecule has 1 aromatic carbocycles. The fourth-order valence-corrected chi connectivity index (χ4v) is 3.13. The molecule has 0 bridgehead atoms. The number of hydrogen-bond acceptors (Lipinski definition) is 5. The standard InChI is InChI=1S/C11H10N2O2S2/c1-6-3-4-8(10(14)15)9(5-6)16-11-12-7(2)13-17-11/h3-5H,1-2H3,(H,14,15). The van der Waals surface area contributed by atoms with Gasteiger partial charge in [0.2, 0.25) is 0 Å². The van der Waals surface area contributed by atoms with Crippen LogP contribution in [0.1, 0.15) is 21.7 Å². The third-order valence-electron chi connectivity index (χ3n) is 2.07.